The molecule has 0 aliphatic carbocycles. The Morgan fingerprint density at radius 2 is 1.91 bits per heavy atom. The number of nitrogens with two attached hydrogens (primary N) is 1. The minimum absolute atomic E-state index is 0.715. The molecule has 5 heteroatoms. The molecule has 23 heavy (non-hydrogen) atoms. The van der Waals surface area contributed by atoms with E-state index in [2.05, 4.69) is 27.2 Å². The van der Waals surface area contributed by atoms with Crippen LogP contribution in [0, 0.1) is 0 Å². The maximum atomic E-state index is 5.99. The van der Waals surface area contributed by atoms with Crippen molar-refractivity contribution >= 4 is 27.9 Å². The number of hydrogen-bond acceptors (Lipinski definition) is 4. The minimum atomic E-state index is 0.715. The molecule has 0 saturated heterocycles. The second-order valence-corrected chi connectivity index (χ2v) is 5.38. The molecule has 0 fully saturated rings. The maximum Gasteiger partial charge on any atom is 0.272 e. The molecule has 0 amide bonds. The number of quaternary nitrogens is 1. The summed E-state index contributed by atoms with van der Waals surface area (Å²) in [4.78, 5) is 13.7. The SMILES string of the molecule is CCc1nc([NH2+]Cc2ccccn2)c2oc3ccccc3c2n1. The molecule has 3 aromatic heterocycles. The van der Waals surface area contributed by atoms with Crippen LogP contribution in [0.5, 0.6) is 0 Å². The predicted octanol–water partition coefficient (Wildman–Crippen LogP) is 2.73. The number of rotatable bonds is 4. The molecule has 0 spiro atoms. The second-order valence-electron chi connectivity index (χ2n) is 5.38. The molecule has 3 heterocycles. The fraction of sp³-hybridized carbons (Fsp3) is 0.167. The van der Waals surface area contributed by atoms with Crippen molar-refractivity contribution in [1.82, 2.24) is 15.0 Å². The fourth-order valence-corrected chi connectivity index (χ4v) is 2.68. The molecule has 0 unspecified atom stereocenters. The lowest BCUT2D eigenvalue weighted by Crippen LogP contribution is -2.76. The van der Waals surface area contributed by atoms with E-state index in [-0.39, 0.29) is 0 Å². The first-order chi connectivity index (χ1) is 11.3. The first kappa shape index (κ1) is 13.8. The molecule has 114 valence electrons. The van der Waals surface area contributed by atoms with Gasteiger partial charge in [-0.25, -0.2) is 4.98 Å². The summed E-state index contributed by atoms with van der Waals surface area (Å²) >= 11 is 0. The highest BCUT2D eigenvalue weighted by Gasteiger charge is 2.17. The van der Waals surface area contributed by atoms with Crippen LogP contribution in [0.4, 0.5) is 5.82 Å². The van der Waals surface area contributed by atoms with Gasteiger partial charge in [-0.15, -0.1) is 0 Å². The number of hydrogen-bond donors (Lipinski definition) is 1. The van der Waals surface area contributed by atoms with Gasteiger partial charge in [-0.05, 0) is 24.3 Å². The Labute approximate surface area is 133 Å². The van der Waals surface area contributed by atoms with Crippen molar-refractivity contribution in [1.29, 1.82) is 0 Å². The molecule has 4 rings (SSSR count). The lowest BCUT2D eigenvalue weighted by molar-refractivity contribution is -0.591. The van der Waals surface area contributed by atoms with Crippen LogP contribution in [0.2, 0.25) is 0 Å². The number of pyridine rings is 1. The largest absolute Gasteiger partial charge is 0.446 e. The highest BCUT2D eigenvalue weighted by molar-refractivity contribution is 6.04. The summed E-state index contributed by atoms with van der Waals surface area (Å²) in [5.41, 5.74) is 3.49. The van der Waals surface area contributed by atoms with Gasteiger partial charge >= 0.3 is 0 Å². The van der Waals surface area contributed by atoms with Crippen LogP contribution in [-0.4, -0.2) is 15.0 Å². The Morgan fingerprint density at radius 3 is 2.74 bits per heavy atom. The number of aryl methyl sites for hydroxylation is 1. The first-order valence-electron chi connectivity index (χ1n) is 7.76. The maximum absolute atomic E-state index is 5.99. The number of para-hydroxylation sites is 1. The summed E-state index contributed by atoms with van der Waals surface area (Å²) in [5.74, 6) is 1.67. The van der Waals surface area contributed by atoms with Crippen LogP contribution in [0.25, 0.3) is 22.1 Å². The van der Waals surface area contributed by atoms with Crippen LogP contribution in [-0.2, 0) is 13.0 Å². The highest BCUT2D eigenvalue weighted by Crippen LogP contribution is 2.29. The topological polar surface area (TPSA) is 68.4 Å². The van der Waals surface area contributed by atoms with Gasteiger partial charge in [0.1, 0.15) is 23.5 Å². The number of benzene rings is 1. The predicted molar refractivity (Wildman–Crippen MR) is 88.2 cm³/mol. The van der Waals surface area contributed by atoms with E-state index in [9.17, 15) is 0 Å². The van der Waals surface area contributed by atoms with E-state index in [1.165, 1.54) is 0 Å². The summed E-state index contributed by atoms with van der Waals surface area (Å²) in [6.07, 6.45) is 2.59. The Bertz CT molecular complexity index is 963. The summed E-state index contributed by atoms with van der Waals surface area (Å²) in [7, 11) is 0. The van der Waals surface area contributed by atoms with Crippen molar-refractivity contribution in [2.24, 2.45) is 0 Å². The standard InChI is InChI=1S/C18H16N4O/c1-2-15-21-16-13-8-3-4-9-14(13)23-17(16)18(22-15)20-11-12-7-5-6-10-19-12/h3-10H,2,11H2,1H3,(H,20,21,22)/p+1. The number of aromatic nitrogens is 3. The van der Waals surface area contributed by atoms with Crippen molar-refractivity contribution in [3.63, 3.8) is 0 Å². The summed E-state index contributed by atoms with van der Waals surface area (Å²) in [6.45, 7) is 2.78. The summed E-state index contributed by atoms with van der Waals surface area (Å²) in [6, 6.07) is 13.9. The van der Waals surface area contributed by atoms with Gasteiger partial charge in [-0.3, -0.25) is 10.3 Å². The third-order valence-electron chi connectivity index (χ3n) is 3.84. The van der Waals surface area contributed by atoms with Gasteiger partial charge in [-0.2, -0.15) is 4.98 Å². The lowest BCUT2D eigenvalue weighted by atomic mass is 10.2. The molecular weight excluding hydrogens is 288 g/mol. The Morgan fingerprint density at radius 1 is 1.04 bits per heavy atom. The average Bonchev–Trinajstić information content (AvgIpc) is 2.99. The van der Waals surface area contributed by atoms with E-state index in [4.69, 9.17) is 4.42 Å². The molecule has 0 atom stereocenters. The van der Waals surface area contributed by atoms with E-state index in [0.717, 1.165) is 45.8 Å². The molecule has 1 aromatic carbocycles. The summed E-state index contributed by atoms with van der Waals surface area (Å²) in [5, 5.41) is 3.10. The van der Waals surface area contributed by atoms with Gasteiger partial charge in [0.15, 0.2) is 0 Å². The number of furan rings is 1. The van der Waals surface area contributed by atoms with Crippen molar-refractivity contribution in [2.75, 3.05) is 0 Å². The monoisotopic (exact) mass is 305 g/mol. The molecule has 5 nitrogen and oxygen atoms in total. The van der Waals surface area contributed by atoms with Crippen LogP contribution >= 0.6 is 0 Å². The smallest absolute Gasteiger partial charge is 0.272 e. The van der Waals surface area contributed by atoms with Gasteiger partial charge in [0, 0.05) is 18.0 Å². The molecular formula is C18H17N4O+. The lowest BCUT2D eigenvalue weighted by Gasteiger charge is -2.02. The van der Waals surface area contributed by atoms with E-state index in [1.807, 2.05) is 42.5 Å². The van der Waals surface area contributed by atoms with Crippen LogP contribution in [0.1, 0.15) is 18.4 Å². The van der Waals surface area contributed by atoms with Gasteiger partial charge in [-0.1, -0.05) is 25.1 Å². The van der Waals surface area contributed by atoms with Gasteiger partial charge in [0.25, 0.3) is 5.82 Å². The highest BCUT2D eigenvalue weighted by atomic mass is 16.3. The van der Waals surface area contributed by atoms with Gasteiger partial charge in [0.05, 0.1) is 5.69 Å². The van der Waals surface area contributed by atoms with E-state index in [1.54, 1.807) is 6.20 Å². The zero-order valence-corrected chi connectivity index (χ0v) is 12.9. The first-order valence-corrected chi connectivity index (χ1v) is 7.76. The van der Waals surface area contributed by atoms with Crippen LogP contribution in [0.15, 0.2) is 53.1 Å². The van der Waals surface area contributed by atoms with Crippen LogP contribution in [0.3, 0.4) is 0 Å². The summed E-state index contributed by atoms with van der Waals surface area (Å²) < 4.78 is 5.99. The molecule has 0 saturated carbocycles. The molecule has 0 aliphatic rings. The Kier molecular flexibility index (Phi) is 3.48. The molecule has 0 aliphatic heterocycles. The third kappa shape index (κ3) is 2.55. The molecule has 0 bridgehead atoms. The van der Waals surface area contributed by atoms with Crippen molar-refractivity contribution in [3.05, 3.63) is 60.2 Å². The average molecular weight is 305 g/mol. The van der Waals surface area contributed by atoms with Crippen molar-refractivity contribution in [2.45, 2.75) is 19.9 Å². The molecule has 0 radical (unpaired) electrons. The van der Waals surface area contributed by atoms with Gasteiger partial charge in [0.2, 0.25) is 5.58 Å². The number of nitrogens with zero attached hydrogens (tertiary/aromatic N) is 3. The van der Waals surface area contributed by atoms with E-state index >= 15 is 0 Å². The quantitative estimate of drug-likeness (QED) is 0.629. The molecule has 4 aromatic rings. The number of fused-ring (bicyclic) bond motifs is 3. The van der Waals surface area contributed by atoms with E-state index < -0.39 is 0 Å². The normalized spacial score (nSPS) is 11.3. The zero-order chi connectivity index (χ0) is 15.6. The Balaban J connectivity index is 1.81. The molecule has 2 N–H and O–H groups in total. The van der Waals surface area contributed by atoms with Crippen molar-refractivity contribution in [3.8, 4) is 0 Å². The van der Waals surface area contributed by atoms with E-state index in [0.29, 0.717) is 6.54 Å². The van der Waals surface area contributed by atoms with Crippen molar-refractivity contribution < 1.29 is 9.73 Å². The minimum Gasteiger partial charge on any atom is -0.446 e. The Hall–Kier alpha value is -2.79. The van der Waals surface area contributed by atoms with Crippen LogP contribution < -0.4 is 5.32 Å². The van der Waals surface area contributed by atoms with Gasteiger partial charge < -0.3 is 4.42 Å². The fourth-order valence-electron chi connectivity index (χ4n) is 2.68. The third-order valence-corrected chi connectivity index (χ3v) is 3.84. The second kappa shape index (κ2) is 5.78. The zero-order valence-electron chi connectivity index (χ0n) is 12.9.